The smallest absolute Gasteiger partial charge is 0.321 e. The summed E-state index contributed by atoms with van der Waals surface area (Å²) < 4.78 is 24.0. The summed E-state index contributed by atoms with van der Waals surface area (Å²) in [7, 11) is 1.59. The van der Waals surface area contributed by atoms with Crippen molar-refractivity contribution in [1.82, 2.24) is 14.7 Å². The van der Waals surface area contributed by atoms with Crippen molar-refractivity contribution >= 4 is 17.6 Å². The lowest BCUT2D eigenvalue weighted by Crippen LogP contribution is -2.81. The van der Waals surface area contributed by atoms with Crippen molar-refractivity contribution in [3.05, 3.63) is 59.9 Å². The zero-order valence-corrected chi connectivity index (χ0v) is 18.5. The lowest BCUT2D eigenvalue weighted by molar-refractivity contribution is -0.147. The monoisotopic (exact) mass is 454 g/mol. The fourth-order valence-electron chi connectivity index (χ4n) is 5.09. The van der Waals surface area contributed by atoms with Gasteiger partial charge in [-0.05, 0) is 48.5 Å². The molecule has 5 rings (SSSR count). The fraction of sp³-hybridized carbons (Fsp3) is 0.417. The molecule has 1 spiro atoms. The van der Waals surface area contributed by atoms with Gasteiger partial charge in [-0.1, -0.05) is 0 Å². The molecule has 8 nitrogen and oxygen atoms in total. The minimum absolute atomic E-state index is 0.0311. The standard InChI is InChI=1S/C24H27FN4O4/c1-32-21-8-2-17(3-9-21)22(30)27-12-20-13-33-11-10-29(20)24(14-27)15-28(16-24)23(31)26-19-6-4-18(25)5-7-19/h2-9,20H,10-16H2,1H3,(H,26,31)/t20-/m1/s1. The number of anilines is 1. The first-order valence-electron chi connectivity index (χ1n) is 11.1. The minimum atomic E-state index is -0.349. The number of rotatable bonds is 3. The Morgan fingerprint density at radius 1 is 1.06 bits per heavy atom. The van der Waals surface area contributed by atoms with Crippen LogP contribution in [0.3, 0.4) is 0 Å². The second-order valence-corrected chi connectivity index (χ2v) is 8.85. The maximum atomic E-state index is 13.3. The largest absolute Gasteiger partial charge is 0.497 e. The van der Waals surface area contributed by atoms with Gasteiger partial charge in [-0.3, -0.25) is 9.69 Å². The molecule has 0 saturated carbocycles. The Balaban J connectivity index is 1.30. The van der Waals surface area contributed by atoms with Crippen LogP contribution in [0.5, 0.6) is 5.75 Å². The van der Waals surface area contributed by atoms with Crippen LogP contribution in [-0.2, 0) is 4.74 Å². The molecule has 3 amide bonds. The lowest BCUT2D eigenvalue weighted by Gasteiger charge is -2.63. The van der Waals surface area contributed by atoms with E-state index in [0.717, 1.165) is 6.54 Å². The van der Waals surface area contributed by atoms with Gasteiger partial charge in [0, 0.05) is 44.0 Å². The van der Waals surface area contributed by atoms with E-state index in [1.807, 2.05) is 4.90 Å². The molecule has 3 saturated heterocycles. The normalized spacial score (nSPS) is 21.8. The fourth-order valence-corrected chi connectivity index (χ4v) is 5.09. The molecule has 3 aliphatic rings. The number of fused-ring (bicyclic) bond motifs is 2. The molecule has 1 N–H and O–H groups in total. The van der Waals surface area contributed by atoms with E-state index in [9.17, 15) is 14.0 Å². The van der Waals surface area contributed by atoms with Crippen LogP contribution in [0.15, 0.2) is 48.5 Å². The highest BCUT2D eigenvalue weighted by molar-refractivity contribution is 5.94. The Hall–Kier alpha value is -3.17. The summed E-state index contributed by atoms with van der Waals surface area (Å²) >= 11 is 0. The van der Waals surface area contributed by atoms with Crippen LogP contribution in [0.2, 0.25) is 0 Å². The number of methoxy groups -OCH3 is 1. The molecule has 0 unspecified atom stereocenters. The van der Waals surface area contributed by atoms with Gasteiger partial charge in [0.15, 0.2) is 0 Å². The number of halogens is 1. The van der Waals surface area contributed by atoms with Crippen LogP contribution in [0.1, 0.15) is 10.4 Å². The molecule has 9 heteroatoms. The molecule has 2 aromatic carbocycles. The van der Waals surface area contributed by atoms with Crippen LogP contribution in [-0.4, -0.2) is 91.3 Å². The highest BCUT2D eigenvalue weighted by Gasteiger charge is 2.56. The first-order valence-corrected chi connectivity index (χ1v) is 11.1. The zero-order valence-electron chi connectivity index (χ0n) is 18.5. The van der Waals surface area contributed by atoms with Crippen molar-refractivity contribution in [3.8, 4) is 5.75 Å². The topological polar surface area (TPSA) is 74.3 Å². The Kier molecular flexibility index (Phi) is 5.67. The summed E-state index contributed by atoms with van der Waals surface area (Å²) in [6.45, 7) is 4.17. The number of benzene rings is 2. The van der Waals surface area contributed by atoms with Crippen molar-refractivity contribution in [3.63, 3.8) is 0 Å². The van der Waals surface area contributed by atoms with E-state index in [4.69, 9.17) is 9.47 Å². The van der Waals surface area contributed by atoms with Crippen molar-refractivity contribution in [2.24, 2.45) is 0 Å². The number of morpholine rings is 1. The molecule has 174 valence electrons. The van der Waals surface area contributed by atoms with Gasteiger partial charge in [0.1, 0.15) is 11.6 Å². The highest BCUT2D eigenvalue weighted by atomic mass is 19.1. The molecule has 0 aromatic heterocycles. The number of ether oxygens (including phenoxy) is 2. The summed E-state index contributed by atoms with van der Waals surface area (Å²) in [5.41, 5.74) is 0.863. The lowest BCUT2D eigenvalue weighted by atomic mass is 9.82. The number of likely N-dealkylation sites (tertiary alicyclic amines) is 1. The Morgan fingerprint density at radius 2 is 1.76 bits per heavy atom. The van der Waals surface area contributed by atoms with Gasteiger partial charge in [0.25, 0.3) is 5.91 Å². The average Bonchev–Trinajstić information content (AvgIpc) is 2.82. The second kappa shape index (κ2) is 8.64. The predicted molar refractivity (Wildman–Crippen MR) is 120 cm³/mol. The Labute approximate surface area is 191 Å². The summed E-state index contributed by atoms with van der Waals surface area (Å²) in [6, 6.07) is 12.7. The SMILES string of the molecule is COc1ccc(C(=O)N2C[C@@H]3COCCN3C3(CN(C(=O)Nc4ccc(F)cc4)C3)C2)cc1. The molecule has 1 atom stereocenters. The van der Waals surface area contributed by atoms with Crippen molar-refractivity contribution in [2.45, 2.75) is 11.6 Å². The van der Waals surface area contributed by atoms with E-state index in [-0.39, 0.29) is 29.3 Å². The van der Waals surface area contributed by atoms with E-state index in [2.05, 4.69) is 10.2 Å². The van der Waals surface area contributed by atoms with Gasteiger partial charge in [-0.25, -0.2) is 9.18 Å². The van der Waals surface area contributed by atoms with E-state index in [1.54, 1.807) is 36.3 Å². The van der Waals surface area contributed by atoms with Gasteiger partial charge in [0.05, 0.1) is 31.9 Å². The number of piperazine rings is 1. The number of nitrogens with one attached hydrogen (secondary N) is 1. The van der Waals surface area contributed by atoms with Gasteiger partial charge in [-0.15, -0.1) is 0 Å². The highest BCUT2D eigenvalue weighted by Crippen LogP contribution is 2.36. The Bertz CT molecular complexity index is 1020. The molecule has 3 heterocycles. The molecular formula is C24H27FN4O4. The summed E-state index contributed by atoms with van der Waals surface area (Å²) in [6.07, 6.45) is 0. The minimum Gasteiger partial charge on any atom is -0.497 e. The van der Waals surface area contributed by atoms with Gasteiger partial charge in [0.2, 0.25) is 0 Å². The molecule has 0 radical (unpaired) electrons. The zero-order chi connectivity index (χ0) is 23.0. The van der Waals surface area contributed by atoms with E-state index in [0.29, 0.717) is 56.4 Å². The van der Waals surface area contributed by atoms with Gasteiger partial charge < -0.3 is 24.6 Å². The molecule has 33 heavy (non-hydrogen) atoms. The van der Waals surface area contributed by atoms with Crippen LogP contribution < -0.4 is 10.1 Å². The summed E-state index contributed by atoms with van der Waals surface area (Å²) in [5.74, 6) is 0.324. The second-order valence-electron chi connectivity index (χ2n) is 8.85. The summed E-state index contributed by atoms with van der Waals surface area (Å²) in [4.78, 5) is 32.1. The predicted octanol–water partition coefficient (Wildman–Crippen LogP) is 2.28. The quantitative estimate of drug-likeness (QED) is 0.770. The van der Waals surface area contributed by atoms with E-state index in [1.165, 1.54) is 24.3 Å². The van der Waals surface area contributed by atoms with Gasteiger partial charge in [-0.2, -0.15) is 0 Å². The third kappa shape index (κ3) is 4.14. The third-order valence-electron chi connectivity index (χ3n) is 6.73. The maximum Gasteiger partial charge on any atom is 0.321 e. The number of carbonyl (C=O) groups is 2. The van der Waals surface area contributed by atoms with E-state index < -0.39 is 0 Å². The van der Waals surface area contributed by atoms with Crippen LogP contribution in [0, 0.1) is 5.82 Å². The van der Waals surface area contributed by atoms with E-state index >= 15 is 0 Å². The average molecular weight is 455 g/mol. The van der Waals surface area contributed by atoms with Crippen LogP contribution >= 0.6 is 0 Å². The molecule has 2 aromatic rings. The number of nitrogens with zero attached hydrogens (tertiary/aromatic N) is 3. The number of amides is 3. The van der Waals surface area contributed by atoms with Gasteiger partial charge >= 0.3 is 6.03 Å². The molecule has 0 bridgehead atoms. The van der Waals surface area contributed by atoms with Crippen molar-refractivity contribution in [2.75, 3.05) is 58.4 Å². The first kappa shape index (κ1) is 21.7. The first-order chi connectivity index (χ1) is 16.0. The molecule has 0 aliphatic carbocycles. The number of urea groups is 1. The number of hydrogen-bond donors (Lipinski definition) is 1. The molecule has 3 fully saturated rings. The van der Waals surface area contributed by atoms with Crippen molar-refractivity contribution in [1.29, 1.82) is 0 Å². The molecule has 3 aliphatic heterocycles. The van der Waals surface area contributed by atoms with Crippen LogP contribution in [0.4, 0.5) is 14.9 Å². The number of hydrogen-bond acceptors (Lipinski definition) is 5. The Morgan fingerprint density at radius 3 is 2.45 bits per heavy atom. The molecular weight excluding hydrogens is 427 g/mol. The van der Waals surface area contributed by atoms with Crippen molar-refractivity contribution < 1.29 is 23.5 Å². The third-order valence-corrected chi connectivity index (χ3v) is 6.73. The maximum absolute atomic E-state index is 13.3. The number of carbonyl (C=O) groups excluding carboxylic acids is 2. The van der Waals surface area contributed by atoms with Crippen LogP contribution in [0.25, 0.3) is 0 Å². The summed E-state index contributed by atoms with van der Waals surface area (Å²) in [5, 5.41) is 2.82.